The molecule has 2 aromatic carbocycles. The molecule has 5 heteroatoms. The van der Waals surface area contributed by atoms with Gasteiger partial charge in [-0.05, 0) is 24.1 Å². The van der Waals surface area contributed by atoms with Gasteiger partial charge in [0.25, 0.3) is 0 Å². The van der Waals surface area contributed by atoms with Crippen LogP contribution >= 0.6 is 0 Å². The molecule has 0 aliphatic heterocycles. The molecule has 0 saturated heterocycles. The second kappa shape index (κ2) is 7.40. The lowest BCUT2D eigenvalue weighted by Crippen LogP contribution is -2.31. The van der Waals surface area contributed by atoms with Gasteiger partial charge in [-0.15, -0.1) is 0 Å². The summed E-state index contributed by atoms with van der Waals surface area (Å²) in [5.74, 6) is -0.464. The molecule has 2 aromatic rings. The Balaban J connectivity index is 1.76. The van der Waals surface area contributed by atoms with Crippen LogP contribution in [0.1, 0.15) is 18.0 Å². The summed E-state index contributed by atoms with van der Waals surface area (Å²) in [4.78, 5) is 11.7. The van der Waals surface area contributed by atoms with Crippen LogP contribution in [-0.4, -0.2) is 12.6 Å². The Morgan fingerprint density at radius 1 is 1.10 bits per heavy atom. The van der Waals surface area contributed by atoms with Crippen molar-refractivity contribution in [1.29, 1.82) is 0 Å². The molecule has 4 nitrogen and oxygen atoms in total. The van der Waals surface area contributed by atoms with Crippen molar-refractivity contribution in [2.24, 2.45) is 5.73 Å². The maximum absolute atomic E-state index is 13.4. The molecule has 2 rings (SSSR count). The number of anilines is 1. The number of para-hydroxylation sites is 1. The predicted octanol–water partition coefficient (Wildman–Crippen LogP) is 3.04. The van der Waals surface area contributed by atoms with Crippen molar-refractivity contribution < 1.29 is 9.18 Å². The van der Waals surface area contributed by atoms with Crippen LogP contribution in [0.3, 0.4) is 0 Å². The predicted molar refractivity (Wildman–Crippen MR) is 81.4 cm³/mol. The summed E-state index contributed by atoms with van der Waals surface area (Å²) in [5, 5.41) is 5.12. The highest BCUT2D eigenvalue weighted by Gasteiger charge is 2.08. The number of hydrogen-bond acceptors (Lipinski definition) is 2. The minimum Gasteiger partial charge on any atom is -0.338 e. The van der Waals surface area contributed by atoms with Crippen LogP contribution in [0.5, 0.6) is 0 Å². The van der Waals surface area contributed by atoms with E-state index in [9.17, 15) is 9.18 Å². The summed E-state index contributed by atoms with van der Waals surface area (Å²) in [7, 11) is 0. The van der Waals surface area contributed by atoms with Gasteiger partial charge in [-0.2, -0.15) is 0 Å². The maximum atomic E-state index is 13.4. The number of benzene rings is 2. The van der Waals surface area contributed by atoms with E-state index in [4.69, 9.17) is 5.73 Å². The molecule has 2 amide bonds. The van der Waals surface area contributed by atoms with E-state index in [2.05, 4.69) is 10.6 Å². The molecule has 0 fully saturated rings. The fraction of sp³-hybridized carbons (Fsp3) is 0.188. The molecule has 4 N–H and O–H groups in total. The van der Waals surface area contributed by atoms with Crippen molar-refractivity contribution in [3.8, 4) is 0 Å². The molecule has 0 radical (unpaired) electrons. The van der Waals surface area contributed by atoms with Gasteiger partial charge in [0.15, 0.2) is 0 Å². The van der Waals surface area contributed by atoms with Crippen LogP contribution in [0.2, 0.25) is 0 Å². The number of rotatable bonds is 5. The van der Waals surface area contributed by atoms with E-state index >= 15 is 0 Å². The van der Waals surface area contributed by atoms with E-state index in [1.54, 1.807) is 12.1 Å². The average Bonchev–Trinajstić information content (AvgIpc) is 2.50. The largest absolute Gasteiger partial charge is 0.338 e. The van der Waals surface area contributed by atoms with Crippen LogP contribution < -0.4 is 16.4 Å². The highest BCUT2D eigenvalue weighted by atomic mass is 19.1. The number of carbonyl (C=O) groups excluding carboxylic acids is 1. The molecule has 0 aliphatic carbocycles. The number of halogens is 1. The topological polar surface area (TPSA) is 67.1 Å². The van der Waals surface area contributed by atoms with Gasteiger partial charge in [0.05, 0.1) is 5.69 Å². The van der Waals surface area contributed by atoms with Crippen LogP contribution in [0.15, 0.2) is 54.6 Å². The van der Waals surface area contributed by atoms with Crippen LogP contribution in [0, 0.1) is 5.82 Å². The lowest BCUT2D eigenvalue weighted by molar-refractivity contribution is 0.251. The number of nitrogens with one attached hydrogen (secondary N) is 2. The van der Waals surface area contributed by atoms with E-state index in [-0.39, 0.29) is 11.7 Å². The molecule has 0 aliphatic rings. The smallest absolute Gasteiger partial charge is 0.319 e. The lowest BCUT2D eigenvalue weighted by Gasteiger charge is -2.13. The first-order valence-corrected chi connectivity index (χ1v) is 6.76. The van der Waals surface area contributed by atoms with Crippen LogP contribution in [-0.2, 0) is 0 Å². The number of urea groups is 1. The Labute approximate surface area is 123 Å². The second-order valence-electron chi connectivity index (χ2n) is 4.67. The van der Waals surface area contributed by atoms with Gasteiger partial charge in [-0.25, -0.2) is 9.18 Å². The highest BCUT2D eigenvalue weighted by molar-refractivity contribution is 5.89. The average molecular weight is 287 g/mol. The summed E-state index contributed by atoms with van der Waals surface area (Å²) >= 11 is 0. The number of amides is 2. The molecule has 0 aromatic heterocycles. The molecule has 21 heavy (non-hydrogen) atoms. The third-order valence-corrected chi connectivity index (χ3v) is 3.09. The van der Waals surface area contributed by atoms with Crippen molar-refractivity contribution in [2.45, 2.75) is 12.5 Å². The van der Waals surface area contributed by atoms with Gasteiger partial charge in [-0.3, -0.25) is 0 Å². The minimum absolute atomic E-state index is 0.139. The fourth-order valence-corrected chi connectivity index (χ4v) is 1.94. The van der Waals surface area contributed by atoms with E-state index in [0.29, 0.717) is 13.0 Å². The van der Waals surface area contributed by atoms with Crippen LogP contribution in [0.4, 0.5) is 14.9 Å². The fourth-order valence-electron chi connectivity index (χ4n) is 1.94. The van der Waals surface area contributed by atoms with E-state index < -0.39 is 11.8 Å². The minimum atomic E-state index is -0.464. The van der Waals surface area contributed by atoms with E-state index in [0.717, 1.165) is 5.56 Å². The molecule has 0 bridgehead atoms. The van der Waals surface area contributed by atoms with Gasteiger partial charge in [-0.1, -0.05) is 42.5 Å². The van der Waals surface area contributed by atoms with E-state index in [1.807, 2.05) is 30.3 Å². The Kier molecular flexibility index (Phi) is 5.29. The summed E-state index contributed by atoms with van der Waals surface area (Å²) in [5.41, 5.74) is 7.20. The molecular weight excluding hydrogens is 269 g/mol. The molecule has 0 heterocycles. The third-order valence-electron chi connectivity index (χ3n) is 3.09. The Morgan fingerprint density at radius 3 is 2.48 bits per heavy atom. The quantitative estimate of drug-likeness (QED) is 0.791. The van der Waals surface area contributed by atoms with Crippen LogP contribution in [0.25, 0.3) is 0 Å². The number of carbonyl (C=O) groups is 1. The zero-order valence-corrected chi connectivity index (χ0v) is 11.6. The molecule has 110 valence electrons. The molecule has 1 atom stereocenters. The highest BCUT2D eigenvalue weighted by Crippen LogP contribution is 2.13. The first-order valence-electron chi connectivity index (χ1n) is 6.76. The van der Waals surface area contributed by atoms with Gasteiger partial charge in [0.2, 0.25) is 0 Å². The summed E-state index contributed by atoms with van der Waals surface area (Å²) in [6.07, 6.45) is 0.606. The van der Waals surface area contributed by atoms with Gasteiger partial charge in [0.1, 0.15) is 5.82 Å². The van der Waals surface area contributed by atoms with E-state index in [1.165, 1.54) is 12.1 Å². The lowest BCUT2D eigenvalue weighted by atomic mass is 10.1. The zero-order valence-electron chi connectivity index (χ0n) is 11.6. The normalized spacial score (nSPS) is 11.7. The van der Waals surface area contributed by atoms with Crippen molar-refractivity contribution in [2.75, 3.05) is 11.9 Å². The monoisotopic (exact) mass is 287 g/mol. The Bertz CT molecular complexity index is 589. The Morgan fingerprint density at radius 2 is 1.76 bits per heavy atom. The van der Waals surface area contributed by atoms with Gasteiger partial charge < -0.3 is 16.4 Å². The molecule has 1 unspecified atom stereocenters. The van der Waals surface area contributed by atoms with Crippen molar-refractivity contribution in [3.63, 3.8) is 0 Å². The number of nitrogens with two attached hydrogens (primary N) is 1. The maximum Gasteiger partial charge on any atom is 0.319 e. The summed E-state index contributed by atoms with van der Waals surface area (Å²) in [6.45, 7) is 0.413. The second-order valence-corrected chi connectivity index (χ2v) is 4.67. The Hall–Kier alpha value is -2.40. The van der Waals surface area contributed by atoms with Gasteiger partial charge in [0, 0.05) is 12.6 Å². The number of hydrogen-bond donors (Lipinski definition) is 3. The summed E-state index contributed by atoms with van der Waals surface area (Å²) in [6, 6.07) is 15.1. The zero-order chi connectivity index (χ0) is 15.1. The van der Waals surface area contributed by atoms with Crippen molar-refractivity contribution in [3.05, 3.63) is 66.0 Å². The molecule has 0 saturated carbocycles. The third kappa shape index (κ3) is 4.57. The summed E-state index contributed by atoms with van der Waals surface area (Å²) < 4.78 is 13.4. The first kappa shape index (κ1) is 15.0. The standard InChI is InChI=1S/C16H18FN3O/c17-13-8-4-5-9-15(13)20-16(21)19-11-10-14(18)12-6-2-1-3-7-12/h1-9,14H,10-11,18H2,(H2,19,20,21). The van der Waals surface area contributed by atoms with Crippen molar-refractivity contribution >= 4 is 11.7 Å². The SMILES string of the molecule is NC(CCNC(=O)Nc1ccccc1F)c1ccccc1. The van der Waals surface area contributed by atoms with Gasteiger partial charge >= 0.3 is 6.03 Å². The molecule has 0 spiro atoms. The van der Waals surface area contributed by atoms with Crippen molar-refractivity contribution in [1.82, 2.24) is 5.32 Å². The molecular formula is C16H18FN3O. The first-order chi connectivity index (χ1) is 10.2.